The number of anilines is 2. The molecule has 0 bridgehead atoms. The zero-order chi connectivity index (χ0) is 31.6. The third-order valence-corrected chi connectivity index (χ3v) is 7.82. The van der Waals surface area contributed by atoms with Gasteiger partial charge in [-0.2, -0.15) is 0 Å². The van der Waals surface area contributed by atoms with E-state index in [-0.39, 0.29) is 17.2 Å². The Morgan fingerprint density at radius 3 is 1.89 bits per heavy atom. The number of hydrogen-bond donors (Lipinski definition) is 3. The summed E-state index contributed by atoms with van der Waals surface area (Å²) in [6, 6.07) is 35.9. The van der Waals surface area contributed by atoms with Crippen molar-refractivity contribution in [3.8, 4) is 0 Å². The summed E-state index contributed by atoms with van der Waals surface area (Å²) < 4.78 is 27.8. The first-order valence-corrected chi connectivity index (χ1v) is 14.8. The van der Waals surface area contributed by atoms with Gasteiger partial charge < -0.3 is 16.0 Å². The molecule has 9 heteroatoms. The van der Waals surface area contributed by atoms with E-state index >= 15 is 0 Å². The number of nitrogens with one attached hydrogen (secondary N) is 3. The fourth-order valence-corrected chi connectivity index (χ4v) is 5.31. The average Bonchev–Trinajstić information content (AvgIpc) is 3.06. The van der Waals surface area contributed by atoms with Crippen molar-refractivity contribution >= 4 is 46.9 Å². The molecule has 3 N–H and O–H groups in total. The molecule has 45 heavy (non-hydrogen) atoms. The molecule has 0 aliphatic heterocycles. The highest BCUT2D eigenvalue weighted by Gasteiger charge is 2.23. The quantitative estimate of drug-likeness (QED) is 0.110. The van der Waals surface area contributed by atoms with Gasteiger partial charge in [-0.25, -0.2) is 8.78 Å². The van der Waals surface area contributed by atoms with E-state index in [0.29, 0.717) is 16.9 Å². The highest BCUT2D eigenvalue weighted by atomic mass is 32.2. The van der Waals surface area contributed by atoms with Crippen LogP contribution in [0.4, 0.5) is 20.2 Å². The summed E-state index contributed by atoms with van der Waals surface area (Å²) in [6.45, 7) is 0. The number of carbonyl (C=O) groups excluding carboxylic acids is 3. The molecule has 0 saturated heterocycles. The highest BCUT2D eigenvalue weighted by molar-refractivity contribution is 8.00. The van der Waals surface area contributed by atoms with Gasteiger partial charge in [-0.3, -0.25) is 14.4 Å². The molecule has 1 atom stereocenters. The maximum absolute atomic E-state index is 14.4. The summed E-state index contributed by atoms with van der Waals surface area (Å²) in [5.41, 5.74) is 1.99. The molecule has 0 radical (unpaired) electrons. The zero-order valence-corrected chi connectivity index (χ0v) is 24.6. The summed E-state index contributed by atoms with van der Waals surface area (Å²) in [6.07, 6.45) is 1.28. The van der Waals surface area contributed by atoms with Gasteiger partial charge in [0.25, 0.3) is 11.8 Å². The van der Waals surface area contributed by atoms with Gasteiger partial charge in [-0.1, -0.05) is 66.7 Å². The minimum atomic E-state index is -0.649. The number of halogens is 2. The normalized spacial score (nSPS) is 11.7. The number of thioether (sulfide) groups is 1. The summed E-state index contributed by atoms with van der Waals surface area (Å²) in [7, 11) is 0. The third kappa shape index (κ3) is 8.52. The Kier molecular flexibility index (Phi) is 10.1. The van der Waals surface area contributed by atoms with E-state index in [1.54, 1.807) is 60.7 Å². The standard InChI is InChI=1S/C36H27F2N3O3S/c37-27-15-17-28(18-16-27)40-36(44)33(24-9-3-1-4-10-24)45-30-21-19-29(20-22-30)39-35(43)32(23-26-13-7-8-14-31(26)38)41-34(42)25-11-5-2-6-12-25/h1-23,33H,(H,39,43)(H,40,44)(H,41,42)/b32-23-. The van der Waals surface area contributed by atoms with Crippen molar-refractivity contribution in [3.63, 3.8) is 0 Å². The molecule has 5 aromatic carbocycles. The van der Waals surface area contributed by atoms with Crippen LogP contribution in [0.3, 0.4) is 0 Å². The molecular weight excluding hydrogens is 592 g/mol. The lowest BCUT2D eigenvalue weighted by Gasteiger charge is -2.17. The molecule has 0 aliphatic carbocycles. The third-order valence-electron chi connectivity index (χ3n) is 6.55. The lowest BCUT2D eigenvalue weighted by molar-refractivity contribution is -0.116. The number of hydrogen-bond acceptors (Lipinski definition) is 4. The number of carbonyl (C=O) groups is 3. The Bertz CT molecular complexity index is 1810. The first-order valence-electron chi connectivity index (χ1n) is 13.9. The molecule has 0 aromatic heterocycles. The second-order valence-electron chi connectivity index (χ2n) is 9.78. The molecule has 224 valence electrons. The smallest absolute Gasteiger partial charge is 0.272 e. The van der Waals surface area contributed by atoms with Crippen molar-refractivity contribution < 1.29 is 23.2 Å². The van der Waals surface area contributed by atoms with Crippen molar-refractivity contribution in [2.45, 2.75) is 10.1 Å². The van der Waals surface area contributed by atoms with E-state index in [1.165, 1.54) is 60.3 Å². The summed E-state index contributed by atoms with van der Waals surface area (Å²) in [5.74, 6) is -2.40. The molecule has 0 aliphatic rings. The SMILES string of the molecule is O=C(Nc1ccc(SC(C(=O)Nc2ccc(F)cc2)c2ccccc2)cc1)/C(=C/c1ccccc1F)NC(=O)c1ccccc1. The minimum absolute atomic E-state index is 0.133. The van der Waals surface area contributed by atoms with E-state index in [9.17, 15) is 23.2 Å². The van der Waals surface area contributed by atoms with E-state index in [4.69, 9.17) is 0 Å². The van der Waals surface area contributed by atoms with Crippen LogP contribution in [-0.4, -0.2) is 17.7 Å². The fraction of sp³-hybridized carbons (Fsp3) is 0.0278. The first kappa shape index (κ1) is 30.9. The van der Waals surface area contributed by atoms with Crippen molar-refractivity contribution in [3.05, 3.63) is 167 Å². The zero-order valence-electron chi connectivity index (χ0n) is 23.7. The Balaban J connectivity index is 1.33. The van der Waals surface area contributed by atoms with Crippen LogP contribution in [0.25, 0.3) is 6.08 Å². The average molecular weight is 620 g/mol. The second kappa shape index (κ2) is 14.8. The van der Waals surface area contributed by atoms with Gasteiger partial charge in [0.1, 0.15) is 22.6 Å². The Labute approximate surface area is 263 Å². The summed E-state index contributed by atoms with van der Waals surface area (Å²) >= 11 is 1.31. The molecule has 6 nitrogen and oxygen atoms in total. The van der Waals surface area contributed by atoms with Crippen LogP contribution in [0.2, 0.25) is 0 Å². The number of benzene rings is 5. The van der Waals surface area contributed by atoms with Gasteiger partial charge >= 0.3 is 0 Å². The maximum atomic E-state index is 14.4. The largest absolute Gasteiger partial charge is 0.325 e. The molecule has 0 saturated carbocycles. The molecule has 5 rings (SSSR count). The molecule has 1 unspecified atom stereocenters. The van der Waals surface area contributed by atoms with Crippen LogP contribution in [0.1, 0.15) is 26.7 Å². The molecular formula is C36H27F2N3O3S. The lowest BCUT2D eigenvalue weighted by Crippen LogP contribution is -2.30. The fourth-order valence-electron chi connectivity index (χ4n) is 4.28. The van der Waals surface area contributed by atoms with Crippen molar-refractivity contribution in [1.29, 1.82) is 0 Å². The highest BCUT2D eigenvalue weighted by Crippen LogP contribution is 2.36. The van der Waals surface area contributed by atoms with Gasteiger partial charge in [-0.15, -0.1) is 11.8 Å². The molecule has 0 spiro atoms. The second-order valence-corrected chi connectivity index (χ2v) is 11.0. The topological polar surface area (TPSA) is 87.3 Å². The first-order chi connectivity index (χ1) is 21.9. The van der Waals surface area contributed by atoms with Crippen LogP contribution in [0, 0.1) is 11.6 Å². The monoisotopic (exact) mass is 619 g/mol. The van der Waals surface area contributed by atoms with Gasteiger partial charge in [0.05, 0.1) is 0 Å². The van der Waals surface area contributed by atoms with Crippen LogP contribution in [0.5, 0.6) is 0 Å². The van der Waals surface area contributed by atoms with Gasteiger partial charge in [0.15, 0.2) is 0 Å². The van der Waals surface area contributed by atoms with E-state index in [2.05, 4.69) is 16.0 Å². The van der Waals surface area contributed by atoms with Crippen molar-refractivity contribution in [1.82, 2.24) is 5.32 Å². The van der Waals surface area contributed by atoms with Crippen LogP contribution >= 0.6 is 11.8 Å². The van der Waals surface area contributed by atoms with Crippen LogP contribution in [-0.2, 0) is 9.59 Å². The molecule has 0 fully saturated rings. The van der Waals surface area contributed by atoms with E-state index in [1.807, 2.05) is 30.3 Å². The van der Waals surface area contributed by atoms with Crippen molar-refractivity contribution in [2.24, 2.45) is 0 Å². The molecule has 3 amide bonds. The van der Waals surface area contributed by atoms with E-state index in [0.717, 1.165) is 10.5 Å². The summed E-state index contributed by atoms with van der Waals surface area (Å²) in [4.78, 5) is 40.2. The minimum Gasteiger partial charge on any atom is -0.325 e. The van der Waals surface area contributed by atoms with E-state index < -0.39 is 28.7 Å². The van der Waals surface area contributed by atoms with Gasteiger partial charge in [0, 0.05) is 27.4 Å². The molecule has 5 aromatic rings. The number of amides is 3. The van der Waals surface area contributed by atoms with Gasteiger partial charge in [-0.05, 0) is 78.4 Å². The molecule has 0 heterocycles. The summed E-state index contributed by atoms with van der Waals surface area (Å²) in [5, 5.41) is 7.55. The van der Waals surface area contributed by atoms with Crippen LogP contribution in [0.15, 0.2) is 144 Å². The van der Waals surface area contributed by atoms with Crippen molar-refractivity contribution in [2.75, 3.05) is 10.6 Å². The Hall–Kier alpha value is -5.54. The van der Waals surface area contributed by atoms with Crippen LogP contribution < -0.4 is 16.0 Å². The predicted octanol–water partition coefficient (Wildman–Crippen LogP) is 7.85. The Morgan fingerprint density at radius 2 is 1.22 bits per heavy atom. The van der Waals surface area contributed by atoms with Gasteiger partial charge in [0.2, 0.25) is 5.91 Å². The number of rotatable bonds is 10. The lowest BCUT2D eigenvalue weighted by atomic mass is 10.1. The Morgan fingerprint density at radius 1 is 0.644 bits per heavy atom. The maximum Gasteiger partial charge on any atom is 0.272 e. The predicted molar refractivity (Wildman–Crippen MR) is 173 cm³/mol.